The van der Waals surface area contributed by atoms with Gasteiger partial charge in [-0.3, -0.25) is 0 Å². The molecular formula is C12H17N2O2. The van der Waals surface area contributed by atoms with E-state index >= 15 is 0 Å². The van der Waals surface area contributed by atoms with Crippen molar-refractivity contribution >= 4 is 5.71 Å². The van der Waals surface area contributed by atoms with Crippen molar-refractivity contribution in [3.63, 3.8) is 0 Å². The molecule has 1 aliphatic rings. The minimum atomic E-state index is -0.320. The molecule has 1 aliphatic carbocycles. The Morgan fingerprint density at radius 2 is 2.12 bits per heavy atom. The Labute approximate surface area is 96.2 Å². The summed E-state index contributed by atoms with van der Waals surface area (Å²) in [4.78, 5) is 3.20. The SMILES string of the molecule is CCCOC1=CC(=[N+]=[N-])C(OCCC)C=[C]1. The molecule has 0 aromatic rings. The van der Waals surface area contributed by atoms with Crippen molar-refractivity contribution in [2.75, 3.05) is 13.2 Å². The average molecular weight is 221 g/mol. The first-order chi connectivity index (χ1) is 7.81. The van der Waals surface area contributed by atoms with Crippen molar-refractivity contribution in [2.24, 2.45) is 0 Å². The summed E-state index contributed by atoms with van der Waals surface area (Å²) < 4.78 is 10.9. The summed E-state index contributed by atoms with van der Waals surface area (Å²) in [7, 11) is 0. The van der Waals surface area contributed by atoms with Crippen molar-refractivity contribution in [1.29, 1.82) is 0 Å². The van der Waals surface area contributed by atoms with E-state index in [0.29, 0.717) is 24.7 Å². The van der Waals surface area contributed by atoms with E-state index in [4.69, 9.17) is 15.0 Å². The highest BCUT2D eigenvalue weighted by molar-refractivity contribution is 5.97. The van der Waals surface area contributed by atoms with Gasteiger partial charge in [-0.25, -0.2) is 0 Å². The fourth-order valence-corrected chi connectivity index (χ4v) is 1.26. The molecule has 1 rings (SSSR count). The minimum absolute atomic E-state index is 0.320. The van der Waals surface area contributed by atoms with Gasteiger partial charge in [0.1, 0.15) is 5.76 Å². The maximum atomic E-state index is 8.86. The van der Waals surface area contributed by atoms with Gasteiger partial charge in [0, 0.05) is 12.7 Å². The van der Waals surface area contributed by atoms with E-state index in [1.165, 1.54) is 0 Å². The van der Waals surface area contributed by atoms with Crippen LogP contribution in [0.15, 0.2) is 17.9 Å². The van der Waals surface area contributed by atoms with E-state index in [-0.39, 0.29) is 6.10 Å². The second kappa shape index (κ2) is 6.99. The molecular weight excluding hydrogens is 204 g/mol. The summed E-state index contributed by atoms with van der Waals surface area (Å²) in [6.45, 7) is 5.31. The fraction of sp³-hybridized carbons (Fsp3) is 0.583. The molecule has 4 nitrogen and oxygen atoms in total. The summed E-state index contributed by atoms with van der Waals surface area (Å²) in [6, 6.07) is 0. The Kier molecular flexibility index (Phi) is 5.54. The third-order valence-corrected chi connectivity index (χ3v) is 2.03. The van der Waals surface area contributed by atoms with Gasteiger partial charge >= 0.3 is 5.71 Å². The maximum Gasteiger partial charge on any atom is 0.328 e. The number of hydrogen-bond donors (Lipinski definition) is 0. The number of rotatable bonds is 6. The van der Waals surface area contributed by atoms with Crippen LogP contribution in [0.5, 0.6) is 0 Å². The zero-order valence-electron chi connectivity index (χ0n) is 9.77. The number of allylic oxidation sites excluding steroid dienone is 1. The van der Waals surface area contributed by atoms with Gasteiger partial charge in [0.25, 0.3) is 0 Å². The van der Waals surface area contributed by atoms with Crippen LogP contribution in [0.2, 0.25) is 0 Å². The summed E-state index contributed by atoms with van der Waals surface area (Å²) in [6.07, 6.45) is 7.87. The summed E-state index contributed by atoms with van der Waals surface area (Å²) >= 11 is 0. The van der Waals surface area contributed by atoms with Gasteiger partial charge < -0.3 is 15.0 Å². The lowest BCUT2D eigenvalue weighted by atomic mass is 10.1. The first-order valence-corrected chi connectivity index (χ1v) is 5.59. The van der Waals surface area contributed by atoms with Gasteiger partial charge in [0.05, 0.1) is 12.7 Å². The molecule has 0 fully saturated rings. The van der Waals surface area contributed by atoms with Crippen molar-refractivity contribution in [2.45, 2.75) is 32.8 Å². The molecule has 87 valence electrons. The Balaban J connectivity index is 2.61. The van der Waals surface area contributed by atoms with E-state index < -0.39 is 0 Å². The number of hydrogen-bond acceptors (Lipinski definition) is 2. The standard InChI is InChI=1S/C12H17N2O2/c1-3-7-15-10-5-6-12(16-8-4-2)11(9-10)14-13/h6,9,12H,3-4,7-8H2,1-2H3. The van der Waals surface area contributed by atoms with Crippen LogP contribution in [0.1, 0.15) is 26.7 Å². The predicted molar refractivity (Wildman–Crippen MR) is 60.8 cm³/mol. The Morgan fingerprint density at radius 1 is 1.38 bits per heavy atom. The van der Waals surface area contributed by atoms with Crippen LogP contribution in [0, 0.1) is 6.08 Å². The van der Waals surface area contributed by atoms with Crippen molar-refractivity contribution in [3.05, 3.63) is 29.5 Å². The molecule has 0 saturated heterocycles. The molecule has 1 atom stereocenters. The normalized spacial score (nSPS) is 19.2. The van der Waals surface area contributed by atoms with Crippen LogP contribution in [0.4, 0.5) is 0 Å². The molecule has 0 amide bonds. The van der Waals surface area contributed by atoms with E-state index in [1.54, 1.807) is 12.2 Å². The number of ether oxygens (including phenoxy) is 2. The Morgan fingerprint density at radius 3 is 2.75 bits per heavy atom. The topological polar surface area (TPSA) is 54.9 Å². The van der Waals surface area contributed by atoms with Gasteiger partial charge in [-0.15, -0.1) is 0 Å². The second-order valence-corrected chi connectivity index (χ2v) is 3.48. The summed E-state index contributed by atoms with van der Waals surface area (Å²) in [5, 5.41) is 0. The largest absolute Gasteiger partial charge is 0.493 e. The lowest BCUT2D eigenvalue weighted by molar-refractivity contribution is -0.0231. The third-order valence-electron chi connectivity index (χ3n) is 2.03. The lowest BCUT2D eigenvalue weighted by Gasteiger charge is -2.13. The smallest absolute Gasteiger partial charge is 0.328 e. The Hall–Kier alpha value is -1.38. The van der Waals surface area contributed by atoms with E-state index in [0.717, 1.165) is 12.8 Å². The summed E-state index contributed by atoms with van der Waals surface area (Å²) in [5.74, 6) is 0.589. The van der Waals surface area contributed by atoms with Gasteiger partial charge in [0.15, 0.2) is 6.10 Å². The predicted octanol–water partition coefficient (Wildman–Crippen LogP) is 2.14. The maximum absolute atomic E-state index is 8.86. The van der Waals surface area contributed by atoms with E-state index in [9.17, 15) is 0 Å². The highest BCUT2D eigenvalue weighted by Gasteiger charge is 2.24. The van der Waals surface area contributed by atoms with Crippen LogP contribution in [-0.2, 0) is 9.47 Å². The van der Waals surface area contributed by atoms with Crippen LogP contribution >= 0.6 is 0 Å². The molecule has 0 saturated carbocycles. The molecule has 1 unspecified atom stereocenters. The van der Waals surface area contributed by atoms with Gasteiger partial charge in [-0.2, -0.15) is 4.79 Å². The Bertz CT molecular complexity index is 328. The van der Waals surface area contributed by atoms with Gasteiger partial charge in [-0.1, -0.05) is 13.8 Å². The minimum Gasteiger partial charge on any atom is -0.493 e. The molecule has 0 aromatic carbocycles. The zero-order chi connectivity index (χ0) is 11.8. The van der Waals surface area contributed by atoms with Crippen LogP contribution in [0.25, 0.3) is 5.53 Å². The number of nitrogens with zero attached hydrogens (tertiary/aromatic N) is 2. The first-order valence-electron chi connectivity index (χ1n) is 5.59. The van der Waals surface area contributed by atoms with Gasteiger partial charge in [-0.05, 0) is 18.9 Å². The monoisotopic (exact) mass is 221 g/mol. The van der Waals surface area contributed by atoms with Crippen molar-refractivity contribution < 1.29 is 14.3 Å². The molecule has 1 radical (unpaired) electrons. The highest BCUT2D eigenvalue weighted by Crippen LogP contribution is 2.11. The first kappa shape index (κ1) is 12.7. The molecule has 0 heterocycles. The molecule has 0 aromatic heterocycles. The molecule has 0 aliphatic heterocycles. The van der Waals surface area contributed by atoms with E-state index in [1.807, 2.05) is 13.8 Å². The van der Waals surface area contributed by atoms with Gasteiger partial charge in [0.2, 0.25) is 0 Å². The quantitative estimate of drug-likeness (QED) is 0.509. The molecule has 0 spiro atoms. The molecule has 4 heteroatoms. The summed E-state index contributed by atoms with van der Waals surface area (Å²) in [5.41, 5.74) is 9.32. The molecule has 0 bridgehead atoms. The third kappa shape index (κ3) is 3.65. The van der Waals surface area contributed by atoms with Crippen LogP contribution in [0.3, 0.4) is 0 Å². The second-order valence-electron chi connectivity index (χ2n) is 3.48. The molecule has 16 heavy (non-hydrogen) atoms. The van der Waals surface area contributed by atoms with Crippen molar-refractivity contribution in [1.82, 2.24) is 0 Å². The zero-order valence-corrected chi connectivity index (χ0v) is 9.77. The lowest BCUT2D eigenvalue weighted by Crippen LogP contribution is -2.25. The van der Waals surface area contributed by atoms with E-state index in [2.05, 4.69) is 10.9 Å². The van der Waals surface area contributed by atoms with Crippen LogP contribution in [-0.4, -0.2) is 29.8 Å². The highest BCUT2D eigenvalue weighted by atomic mass is 16.5. The fourth-order valence-electron chi connectivity index (χ4n) is 1.26. The molecule has 0 N–H and O–H groups in total. The van der Waals surface area contributed by atoms with Crippen molar-refractivity contribution in [3.8, 4) is 0 Å². The van der Waals surface area contributed by atoms with Crippen LogP contribution < -0.4 is 0 Å². The average Bonchev–Trinajstić information content (AvgIpc) is 2.34.